The average Bonchev–Trinajstić information content (AvgIpc) is 2.64. The summed E-state index contributed by atoms with van der Waals surface area (Å²) in [5, 5.41) is 0. The van der Waals surface area contributed by atoms with E-state index in [4.69, 9.17) is 4.74 Å². The molecule has 0 radical (unpaired) electrons. The van der Waals surface area contributed by atoms with Crippen LogP contribution in [-0.2, 0) is 19.6 Å². The molecule has 2 aliphatic heterocycles. The molecular formula is C14H14FNO5S. The number of halogens is 1. The number of carbonyl (C=O) groups is 2. The molecule has 0 aliphatic carbocycles. The van der Waals surface area contributed by atoms with Gasteiger partial charge in [0.25, 0.3) is 15.9 Å². The van der Waals surface area contributed by atoms with Crippen LogP contribution in [0.25, 0.3) is 0 Å². The SMILES string of the molecule is O=C1CCCC(CCN2C(=O)c3ccc(F)cc3S2(=O)=O)O1. The summed E-state index contributed by atoms with van der Waals surface area (Å²) >= 11 is 0. The Kier molecular flexibility index (Phi) is 3.64. The van der Waals surface area contributed by atoms with Crippen LogP contribution < -0.4 is 0 Å². The fourth-order valence-electron chi connectivity index (χ4n) is 2.71. The molecule has 2 heterocycles. The second-order valence-corrected chi connectivity index (χ2v) is 7.15. The number of ether oxygens (including phenoxy) is 1. The summed E-state index contributed by atoms with van der Waals surface area (Å²) in [4.78, 5) is 23.1. The highest BCUT2D eigenvalue weighted by molar-refractivity contribution is 7.90. The van der Waals surface area contributed by atoms with Crippen molar-refractivity contribution in [2.75, 3.05) is 6.54 Å². The fourth-order valence-corrected chi connectivity index (χ4v) is 4.31. The normalized spacial score (nSPS) is 23.3. The van der Waals surface area contributed by atoms with Crippen LogP contribution in [0.4, 0.5) is 4.39 Å². The first-order valence-electron chi connectivity index (χ1n) is 6.96. The van der Waals surface area contributed by atoms with Crippen molar-refractivity contribution in [2.24, 2.45) is 0 Å². The van der Waals surface area contributed by atoms with Crippen LogP contribution in [0.5, 0.6) is 0 Å². The van der Waals surface area contributed by atoms with Crippen molar-refractivity contribution in [2.45, 2.75) is 36.7 Å². The summed E-state index contributed by atoms with van der Waals surface area (Å²) in [5.41, 5.74) is -0.0259. The van der Waals surface area contributed by atoms with Gasteiger partial charge in [-0.2, -0.15) is 0 Å². The van der Waals surface area contributed by atoms with Crippen molar-refractivity contribution < 1.29 is 27.1 Å². The number of cyclic esters (lactones) is 1. The zero-order valence-electron chi connectivity index (χ0n) is 11.6. The Morgan fingerprint density at radius 1 is 1.32 bits per heavy atom. The molecule has 0 aromatic heterocycles. The number of rotatable bonds is 3. The van der Waals surface area contributed by atoms with Gasteiger partial charge in [0.1, 0.15) is 16.8 Å². The molecule has 3 rings (SSSR count). The Morgan fingerprint density at radius 3 is 2.82 bits per heavy atom. The minimum absolute atomic E-state index is 0.0259. The van der Waals surface area contributed by atoms with Gasteiger partial charge in [-0.1, -0.05) is 0 Å². The van der Waals surface area contributed by atoms with E-state index in [9.17, 15) is 22.4 Å². The van der Waals surface area contributed by atoms with Crippen molar-refractivity contribution in [3.63, 3.8) is 0 Å². The lowest BCUT2D eigenvalue weighted by molar-refractivity contribution is -0.153. The van der Waals surface area contributed by atoms with E-state index < -0.39 is 21.7 Å². The maximum Gasteiger partial charge on any atom is 0.306 e. The zero-order valence-corrected chi connectivity index (χ0v) is 12.4. The van der Waals surface area contributed by atoms with Gasteiger partial charge in [0.15, 0.2) is 0 Å². The molecule has 0 bridgehead atoms. The lowest BCUT2D eigenvalue weighted by Gasteiger charge is -2.24. The molecule has 1 fully saturated rings. The first-order valence-corrected chi connectivity index (χ1v) is 8.40. The summed E-state index contributed by atoms with van der Waals surface area (Å²) in [6, 6.07) is 3.08. The first kappa shape index (κ1) is 15.0. The first-order chi connectivity index (χ1) is 10.4. The van der Waals surface area contributed by atoms with E-state index in [1.165, 1.54) is 6.07 Å². The zero-order chi connectivity index (χ0) is 15.9. The number of sulfonamides is 1. The van der Waals surface area contributed by atoms with Gasteiger partial charge in [0.2, 0.25) is 0 Å². The highest BCUT2D eigenvalue weighted by Crippen LogP contribution is 2.31. The molecular weight excluding hydrogens is 313 g/mol. The van der Waals surface area contributed by atoms with Gasteiger partial charge in [-0.15, -0.1) is 0 Å². The summed E-state index contributed by atoms with van der Waals surface area (Å²) in [5.74, 6) is -1.69. The molecule has 0 spiro atoms. The number of esters is 1. The molecule has 6 nitrogen and oxygen atoms in total. The molecule has 1 aromatic carbocycles. The third kappa shape index (κ3) is 2.47. The molecule has 8 heteroatoms. The van der Waals surface area contributed by atoms with E-state index in [0.29, 0.717) is 19.3 Å². The van der Waals surface area contributed by atoms with Gasteiger partial charge < -0.3 is 4.74 Å². The number of hydrogen-bond donors (Lipinski definition) is 0. The Labute approximate surface area is 126 Å². The molecule has 1 amide bonds. The number of carbonyl (C=O) groups excluding carboxylic acids is 2. The quantitative estimate of drug-likeness (QED) is 0.785. The number of hydrogen-bond acceptors (Lipinski definition) is 5. The van der Waals surface area contributed by atoms with Crippen LogP contribution in [-0.4, -0.2) is 37.2 Å². The van der Waals surface area contributed by atoms with Crippen molar-refractivity contribution in [1.82, 2.24) is 4.31 Å². The van der Waals surface area contributed by atoms with Gasteiger partial charge in [0.05, 0.1) is 5.56 Å². The Bertz CT molecular complexity index is 746. The van der Waals surface area contributed by atoms with E-state index in [1.807, 2.05) is 0 Å². The van der Waals surface area contributed by atoms with Gasteiger partial charge in [0, 0.05) is 19.4 Å². The van der Waals surface area contributed by atoms with Crippen LogP contribution in [0, 0.1) is 5.82 Å². The van der Waals surface area contributed by atoms with Crippen LogP contribution in [0.3, 0.4) is 0 Å². The Morgan fingerprint density at radius 2 is 2.09 bits per heavy atom. The van der Waals surface area contributed by atoms with Gasteiger partial charge in [-0.25, -0.2) is 17.1 Å². The van der Waals surface area contributed by atoms with Crippen molar-refractivity contribution in [3.05, 3.63) is 29.6 Å². The van der Waals surface area contributed by atoms with Gasteiger partial charge in [-0.05, 0) is 31.0 Å². The molecule has 118 valence electrons. The predicted octanol–water partition coefficient (Wildman–Crippen LogP) is 1.46. The second-order valence-electron chi connectivity index (χ2n) is 5.32. The van der Waals surface area contributed by atoms with Gasteiger partial charge >= 0.3 is 5.97 Å². The molecule has 1 unspecified atom stereocenters. The second kappa shape index (κ2) is 5.35. The highest BCUT2D eigenvalue weighted by atomic mass is 32.2. The third-order valence-electron chi connectivity index (χ3n) is 3.83. The molecule has 0 saturated carbocycles. The topological polar surface area (TPSA) is 80.8 Å². The smallest absolute Gasteiger partial charge is 0.306 e. The molecule has 2 aliphatic rings. The van der Waals surface area contributed by atoms with E-state index in [1.54, 1.807) is 0 Å². The maximum absolute atomic E-state index is 13.2. The molecule has 22 heavy (non-hydrogen) atoms. The highest BCUT2D eigenvalue weighted by Gasteiger charge is 2.41. The summed E-state index contributed by atoms with van der Waals surface area (Å²) in [6.45, 7) is -0.0879. The molecule has 1 aromatic rings. The predicted molar refractivity (Wildman–Crippen MR) is 73.0 cm³/mol. The minimum atomic E-state index is -4.03. The maximum atomic E-state index is 13.2. The standard InChI is InChI=1S/C14H14FNO5S/c15-9-4-5-11-12(8-9)22(19,20)16(14(11)18)7-6-10-2-1-3-13(17)21-10/h4-5,8,10H,1-3,6-7H2. The van der Waals surface area contributed by atoms with E-state index in [2.05, 4.69) is 0 Å². The monoisotopic (exact) mass is 327 g/mol. The third-order valence-corrected chi connectivity index (χ3v) is 5.65. The molecule has 1 saturated heterocycles. The fraction of sp³-hybridized carbons (Fsp3) is 0.429. The van der Waals surface area contributed by atoms with Crippen LogP contribution in [0.15, 0.2) is 23.1 Å². The lowest BCUT2D eigenvalue weighted by Crippen LogP contribution is -2.34. The molecule has 0 N–H and O–H groups in total. The summed E-state index contributed by atoms with van der Waals surface area (Å²) < 4.78 is 43.7. The van der Waals surface area contributed by atoms with E-state index in [-0.39, 0.29) is 35.5 Å². The van der Waals surface area contributed by atoms with Crippen LogP contribution in [0.2, 0.25) is 0 Å². The lowest BCUT2D eigenvalue weighted by atomic mass is 10.1. The largest absolute Gasteiger partial charge is 0.462 e. The Hall–Kier alpha value is -1.96. The summed E-state index contributed by atoms with van der Waals surface area (Å²) in [7, 11) is -4.03. The van der Waals surface area contributed by atoms with Crippen LogP contribution in [0.1, 0.15) is 36.0 Å². The summed E-state index contributed by atoms with van der Waals surface area (Å²) in [6.07, 6.45) is 1.56. The van der Waals surface area contributed by atoms with Crippen molar-refractivity contribution in [3.8, 4) is 0 Å². The number of amides is 1. The van der Waals surface area contributed by atoms with Crippen molar-refractivity contribution in [1.29, 1.82) is 0 Å². The van der Waals surface area contributed by atoms with Crippen molar-refractivity contribution >= 4 is 21.9 Å². The average molecular weight is 327 g/mol. The van der Waals surface area contributed by atoms with Gasteiger partial charge in [-0.3, -0.25) is 9.59 Å². The van der Waals surface area contributed by atoms with Crippen LogP contribution >= 0.6 is 0 Å². The minimum Gasteiger partial charge on any atom is -0.462 e. The van der Waals surface area contributed by atoms with E-state index >= 15 is 0 Å². The van der Waals surface area contributed by atoms with E-state index in [0.717, 1.165) is 16.4 Å². The molecule has 1 atom stereocenters. The number of benzene rings is 1. The Balaban J connectivity index is 1.78. The number of nitrogens with zero attached hydrogens (tertiary/aromatic N) is 1. The number of fused-ring (bicyclic) bond motifs is 1.